The maximum atomic E-state index is 11.6. The highest BCUT2D eigenvalue weighted by Gasteiger charge is 2.10. The van der Waals surface area contributed by atoms with Gasteiger partial charge < -0.3 is 15.8 Å². The van der Waals surface area contributed by atoms with Crippen molar-refractivity contribution in [2.45, 2.75) is 12.3 Å². The summed E-state index contributed by atoms with van der Waals surface area (Å²) in [5, 5.41) is 3.43. The molecule has 0 spiro atoms. The van der Waals surface area contributed by atoms with Crippen LogP contribution in [-0.2, 0) is 22.3 Å². The number of nitrogens with two attached hydrogens (primary N) is 1. The van der Waals surface area contributed by atoms with Gasteiger partial charge in [0, 0.05) is 6.07 Å². The molecule has 0 radical (unpaired) electrons. The zero-order chi connectivity index (χ0) is 20.9. The number of hydrogen-bond donors (Lipinski definition) is 3. The molecule has 29 heavy (non-hydrogen) atoms. The van der Waals surface area contributed by atoms with Crippen molar-refractivity contribution in [3.63, 3.8) is 0 Å². The van der Waals surface area contributed by atoms with Crippen molar-refractivity contribution < 1.29 is 13.2 Å². The van der Waals surface area contributed by atoms with E-state index in [1.165, 1.54) is 19.4 Å². The Morgan fingerprint density at radius 2 is 1.83 bits per heavy atom. The molecule has 3 aromatic rings. The summed E-state index contributed by atoms with van der Waals surface area (Å²) in [6.07, 6.45) is 2.95. The van der Waals surface area contributed by atoms with Crippen LogP contribution < -0.4 is 20.5 Å². The summed E-state index contributed by atoms with van der Waals surface area (Å²) in [4.78, 5) is 16.3. The molecular weight excluding hydrogens is 418 g/mol. The molecule has 10 nitrogen and oxygen atoms in total. The molecule has 0 amide bonds. The molecule has 0 fully saturated rings. The Labute approximate surface area is 172 Å². The van der Waals surface area contributed by atoms with Gasteiger partial charge in [-0.25, -0.2) is 28.1 Å². The summed E-state index contributed by atoms with van der Waals surface area (Å²) < 4.78 is 31.2. The Morgan fingerprint density at radius 3 is 2.48 bits per heavy atom. The van der Waals surface area contributed by atoms with Gasteiger partial charge in [0.25, 0.3) is 0 Å². The smallest absolute Gasteiger partial charge is 0.224 e. The number of ether oxygens (including phenoxy) is 1. The second-order valence-electron chi connectivity index (χ2n) is 5.84. The van der Waals surface area contributed by atoms with Crippen LogP contribution in [0.2, 0.25) is 5.02 Å². The topological polar surface area (TPSA) is 145 Å². The Kier molecular flexibility index (Phi) is 6.42. The van der Waals surface area contributed by atoms with E-state index in [0.29, 0.717) is 34.5 Å². The van der Waals surface area contributed by atoms with Gasteiger partial charge in [0.2, 0.25) is 27.8 Å². The standard InChI is InChI=1S/C17H18ClN7O3S/c1-20-29(26,27)10-11-2-4-14(5-3-11)28-15-6-13(24-16(19)25-15)9-23-17-21-7-12(18)8-22-17/h2-8,20H,9-10H2,1H3,(H2,19,24,25)(H,21,22,23). The first-order valence-corrected chi connectivity index (χ1v) is 10.4. The molecule has 152 valence electrons. The van der Waals surface area contributed by atoms with E-state index in [4.69, 9.17) is 22.1 Å². The van der Waals surface area contributed by atoms with E-state index in [-0.39, 0.29) is 17.6 Å². The van der Waals surface area contributed by atoms with Crippen LogP contribution in [0, 0.1) is 0 Å². The fourth-order valence-electron chi connectivity index (χ4n) is 2.27. The van der Waals surface area contributed by atoms with E-state index in [0.717, 1.165) is 0 Å². The van der Waals surface area contributed by atoms with Crippen molar-refractivity contribution >= 4 is 33.5 Å². The first kappa shape index (κ1) is 20.7. The summed E-state index contributed by atoms with van der Waals surface area (Å²) in [5.41, 5.74) is 6.96. The maximum absolute atomic E-state index is 11.6. The monoisotopic (exact) mass is 435 g/mol. The van der Waals surface area contributed by atoms with E-state index in [1.807, 2.05) is 0 Å². The first-order valence-electron chi connectivity index (χ1n) is 8.36. The molecule has 0 aliphatic rings. The zero-order valence-corrected chi connectivity index (χ0v) is 16.9. The lowest BCUT2D eigenvalue weighted by molar-refractivity contribution is 0.461. The van der Waals surface area contributed by atoms with E-state index < -0.39 is 10.0 Å². The molecular formula is C17H18ClN7O3S. The molecule has 12 heteroatoms. The molecule has 1 aromatic carbocycles. The number of sulfonamides is 1. The molecule has 0 aliphatic heterocycles. The molecule has 0 unspecified atom stereocenters. The van der Waals surface area contributed by atoms with Crippen LogP contribution in [0.4, 0.5) is 11.9 Å². The number of aromatic nitrogens is 4. The molecule has 2 aromatic heterocycles. The Bertz CT molecular complexity index is 1080. The highest BCUT2D eigenvalue weighted by Crippen LogP contribution is 2.22. The lowest BCUT2D eigenvalue weighted by Crippen LogP contribution is -2.20. The van der Waals surface area contributed by atoms with Gasteiger partial charge in [-0.3, -0.25) is 0 Å². The van der Waals surface area contributed by atoms with Gasteiger partial charge in [-0.05, 0) is 24.7 Å². The largest absolute Gasteiger partial charge is 0.439 e. The predicted octanol–water partition coefficient (Wildman–Crippen LogP) is 1.96. The van der Waals surface area contributed by atoms with Crippen LogP contribution in [0.15, 0.2) is 42.7 Å². The number of hydrogen-bond acceptors (Lipinski definition) is 9. The van der Waals surface area contributed by atoms with Crippen molar-refractivity contribution in [3.05, 3.63) is 59.0 Å². The zero-order valence-electron chi connectivity index (χ0n) is 15.3. The lowest BCUT2D eigenvalue weighted by atomic mass is 10.2. The van der Waals surface area contributed by atoms with Crippen LogP contribution in [-0.4, -0.2) is 35.4 Å². The van der Waals surface area contributed by atoms with Crippen LogP contribution in [0.1, 0.15) is 11.3 Å². The van der Waals surface area contributed by atoms with Crippen LogP contribution in [0.5, 0.6) is 11.6 Å². The minimum absolute atomic E-state index is 0.0491. The van der Waals surface area contributed by atoms with Crippen LogP contribution in [0.25, 0.3) is 0 Å². The molecule has 4 N–H and O–H groups in total. The molecule has 0 atom stereocenters. The molecule has 0 aliphatic carbocycles. The highest BCUT2D eigenvalue weighted by molar-refractivity contribution is 7.88. The number of rotatable bonds is 8. The molecule has 0 saturated heterocycles. The van der Waals surface area contributed by atoms with Crippen molar-refractivity contribution in [2.75, 3.05) is 18.1 Å². The molecule has 0 saturated carbocycles. The van der Waals surface area contributed by atoms with Crippen molar-refractivity contribution in [3.8, 4) is 11.6 Å². The van der Waals surface area contributed by atoms with Crippen molar-refractivity contribution in [1.82, 2.24) is 24.7 Å². The van der Waals surface area contributed by atoms with E-state index in [9.17, 15) is 8.42 Å². The summed E-state index contributed by atoms with van der Waals surface area (Å²) in [7, 11) is -1.97. The SMILES string of the molecule is CNS(=O)(=O)Cc1ccc(Oc2cc(CNc3ncc(Cl)cn3)nc(N)n2)cc1. The Hall–Kier alpha value is -3.02. The van der Waals surface area contributed by atoms with Gasteiger partial charge >= 0.3 is 0 Å². The van der Waals surface area contributed by atoms with Gasteiger partial charge in [-0.2, -0.15) is 4.98 Å². The first-order chi connectivity index (χ1) is 13.8. The van der Waals surface area contributed by atoms with Crippen LogP contribution in [0.3, 0.4) is 0 Å². The summed E-state index contributed by atoms with van der Waals surface area (Å²) in [6, 6.07) is 8.25. The second-order valence-corrected chi connectivity index (χ2v) is 8.21. The Morgan fingerprint density at radius 1 is 1.14 bits per heavy atom. The minimum Gasteiger partial charge on any atom is -0.439 e. The third-order valence-corrected chi connectivity index (χ3v) is 5.16. The Balaban J connectivity index is 1.67. The van der Waals surface area contributed by atoms with Gasteiger partial charge in [0.1, 0.15) is 5.75 Å². The molecule has 2 heterocycles. The van der Waals surface area contributed by atoms with Gasteiger partial charge in [-0.1, -0.05) is 23.7 Å². The van der Waals surface area contributed by atoms with Gasteiger partial charge in [0.05, 0.1) is 35.4 Å². The number of nitrogen functional groups attached to an aromatic ring is 1. The van der Waals surface area contributed by atoms with E-state index in [1.54, 1.807) is 30.3 Å². The number of halogens is 1. The number of nitrogens with zero attached hydrogens (tertiary/aromatic N) is 4. The normalized spacial score (nSPS) is 11.2. The fourth-order valence-corrected chi connectivity index (χ4v) is 3.15. The van der Waals surface area contributed by atoms with Gasteiger partial charge in [0.15, 0.2) is 0 Å². The molecule has 3 rings (SSSR count). The van der Waals surface area contributed by atoms with E-state index in [2.05, 4.69) is 30.0 Å². The maximum Gasteiger partial charge on any atom is 0.224 e. The van der Waals surface area contributed by atoms with Crippen molar-refractivity contribution in [1.29, 1.82) is 0 Å². The van der Waals surface area contributed by atoms with E-state index >= 15 is 0 Å². The quantitative estimate of drug-likeness (QED) is 0.483. The molecule has 0 bridgehead atoms. The number of benzene rings is 1. The summed E-state index contributed by atoms with van der Waals surface area (Å²) in [6.45, 7) is 0.297. The van der Waals surface area contributed by atoms with Gasteiger partial charge in [-0.15, -0.1) is 0 Å². The minimum atomic E-state index is -3.34. The fraction of sp³-hybridized carbons (Fsp3) is 0.176. The third kappa shape index (κ3) is 6.24. The average molecular weight is 436 g/mol. The number of anilines is 2. The lowest BCUT2D eigenvalue weighted by Gasteiger charge is -2.09. The third-order valence-electron chi connectivity index (χ3n) is 3.63. The summed E-state index contributed by atoms with van der Waals surface area (Å²) >= 11 is 5.76. The highest BCUT2D eigenvalue weighted by atomic mass is 35.5. The van der Waals surface area contributed by atoms with Crippen LogP contribution >= 0.6 is 11.6 Å². The number of nitrogens with one attached hydrogen (secondary N) is 2. The average Bonchev–Trinajstić information content (AvgIpc) is 2.68. The second kappa shape index (κ2) is 8.99. The predicted molar refractivity (Wildman–Crippen MR) is 109 cm³/mol. The summed E-state index contributed by atoms with van der Waals surface area (Å²) in [5.74, 6) is 1.05. The van der Waals surface area contributed by atoms with Crippen molar-refractivity contribution in [2.24, 2.45) is 0 Å².